The summed E-state index contributed by atoms with van der Waals surface area (Å²) in [5, 5.41) is 20.3. The summed E-state index contributed by atoms with van der Waals surface area (Å²) in [6.45, 7) is 0. The Hall–Kier alpha value is -12.4. The van der Waals surface area contributed by atoms with Gasteiger partial charge in [0.05, 0.1) is 0 Å². The second-order valence-corrected chi connectivity index (χ2v) is 24.2. The van der Waals surface area contributed by atoms with E-state index in [1.807, 2.05) is 0 Å². The van der Waals surface area contributed by atoms with Gasteiger partial charge in [0.2, 0.25) is 0 Å². The third-order valence-corrected chi connectivity index (χ3v) is 18.8. The molecule has 0 bridgehead atoms. The lowest BCUT2D eigenvalue weighted by Gasteiger charge is -2.26. The Morgan fingerprint density at radius 2 is 0.362 bits per heavy atom. The quantitative estimate of drug-likeness (QED) is 0.0995. The van der Waals surface area contributed by atoms with Crippen molar-refractivity contribution in [3.05, 3.63) is 376 Å². The minimum absolute atomic E-state index is 1.11. The summed E-state index contributed by atoms with van der Waals surface area (Å²) in [4.78, 5) is 4.65. The largest absolute Gasteiger partial charge is 0.311 e. The summed E-state index contributed by atoms with van der Waals surface area (Å²) in [5.74, 6) is 0. The molecule has 94 heavy (non-hydrogen) atoms. The van der Waals surface area contributed by atoms with E-state index < -0.39 is 0 Å². The molecule has 2 nitrogen and oxygen atoms in total. The van der Waals surface area contributed by atoms with E-state index in [0.29, 0.717) is 0 Å². The number of hydrogen-bond donors (Lipinski definition) is 0. The van der Waals surface area contributed by atoms with Gasteiger partial charge in [-0.2, -0.15) is 0 Å². The van der Waals surface area contributed by atoms with Gasteiger partial charge in [-0.3, -0.25) is 0 Å². The summed E-state index contributed by atoms with van der Waals surface area (Å²) >= 11 is 0. The monoisotopic (exact) mass is 1190 g/mol. The van der Waals surface area contributed by atoms with Crippen LogP contribution in [-0.2, 0) is 0 Å². The van der Waals surface area contributed by atoms with Gasteiger partial charge in [0, 0.05) is 34.1 Å². The minimum Gasteiger partial charge on any atom is -0.311 e. The lowest BCUT2D eigenvalue weighted by Crippen LogP contribution is -2.09. The summed E-state index contributed by atoms with van der Waals surface area (Å²) < 4.78 is 0. The fraction of sp³-hybridized carbons (Fsp3) is 0. The number of benzene rings is 18. The first kappa shape index (κ1) is 55.7. The number of nitrogens with zero attached hydrogens (tertiary/aromatic N) is 2. The minimum atomic E-state index is 1.11. The summed E-state index contributed by atoms with van der Waals surface area (Å²) in [7, 11) is 0. The van der Waals surface area contributed by atoms with Gasteiger partial charge < -0.3 is 9.80 Å². The highest BCUT2D eigenvalue weighted by Gasteiger charge is 2.24. The highest BCUT2D eigenvalue weighted by molar-refractivity contribution is 6.37. The van der Waals surface area contributed by atoms with Crippen LogP contribution in [0.3, 0.4) is 0 Å². The molecule has 0 aliphatic rings. The van der Waals surface area contributed by atoms with E-state index in [2.05, 4.69) is 386 Å². The Balaban J connectivity index is 0.000000167. The maximum atomic E-state index is 2.33. The maximum absolute atomic E-state index is 2.33. The van der Waals surface area contributed by atoms with Gasteiger partial charge in [0.25, 0.3) is 0 Å². The molecule has 0 saturated carbocycles. The van der Waals surface area contributed by atoms with Crippen molar-refractivity contribution in [3.8, 4) is 44.5 Å². The van der Waals surface area contributed by atoms with Crippen molar-refractivity contribution in [2.24, 2.45) is 0 Å². The second kappa shape index (κ2) is 24.1. The predicted molar refractivity (Wildman–Crippen MR) is 404 cm³/mol. The fourth-order valence-corrected chi connectivity index (χ4v) is 14.6. The van der Waals surface area contributed by atoms with Gasteiger partial charge in [-0.05, 0) is 216 Å². The normalized spacial score (nSPS) is 11.4. The van der Waals surface area contributed by atoms with Crippen molar-refractivity contribution in [2.45, 2.75) is 0 Å². The van der Waals surface area contributed by atoms with Gasteiger partial charge in [-0.1, -0.05) is 291 Å². The lowest BCUT2D eigenvalue weighted by molar-refractivity contribution is 1.28. The van der Waals surface area contributed by atoms with Gasteiger partial charge in [0.1, 0.15) is 0 Å². The maximum Gasteiger partial charge on any atom is 0.0462 e. The molecule has 0 saturated heterocycles. The molecule has 0 heterocycles. The third-order valence-electron chi connectivity index (χ3n) is 18.8. The summed E-state index contributed by atoms with van der Waals surface area (Å²) in [6.07, 6.45) is 0. The lowest BCUT2D eigenvalue weighted by atomic mass is 9.81. The highest BCUT2D eigenvalue weighted by atomic mass is 15.1. The Morgan fingerprint density at radius 1 is 0.138 bits per heavy atom. The molecular weight excluding hydrogens is 1130 g/mol. The third kappa shape index (κ3) is 9.94. The predicted octanol–water partition coefficient (Wildman–Crippen LogP) is 26.2. The summed E-state index contributed by atoms with van der Waals surface area (Å²) in [6, 6.07) is 136. The van der Waals surface area contributed by atoms with Crippen molar-refractivity contribution in [1.82, 2.24) is 0 Å². The Labute approximate surface area is 547 Å². The molecule has 0 atom stereocenters. The van der Waals surface area contributed by atoms with Crippen LogP contribution < -0.4 is 9.80 Å². The van der Waals surface area contributed by atoms with Crippen LogP contribution in [0.15, 0.2) is 376 Å². The average molecular weight is 1200 g/mol. The Bertz CT molecular complexity index is 5330. The van der Waals surface area contributed by atoms with Crippen LogP contribution in [0.5, 0.6) is 0 Å². The average Bonchev–Trinajstić information content (AvgIpc) is 0.734. The van der Waals surface area contributed by atoms with Gasteiger partial charge >= 0.3 is 0 Å². The van der Waals surface area contributed by atoms with Crippen LogP contribution in [0.25, 0.3) is 131 Å². The first-order chi connectivity index (χ1) is 46.7. The molecule has 0 N–H and O–H groups in total. The summed E-state index contributed by atoms with van der Waals surface area (Å²) in [5.41, 5.74) is 16.7. The molecule has 0 aliphatic carbocycles. The Kier molecular flexibility index (Phi) is 14.3. The zero-order chi connectivity index (χ0) is 62.3. The van der Waals surface area contributed by atoms with Crippen molar-refractivity contribution in [2.75, 3.05) is 9.80 Å². The van der Waals surface area contributed by atoms with Crippen LogP contribution >= 0.6 is 0 Å². The highest BCUT2D eigenvalue weighted by Crippen LogP contribution is 2.51. The molecule has 0 aromatic heterocycles. The molecular formula is C92H62N2. The SMILES string of the molecule is c1ccc(N(c2ccccc2)c2ccc(-c3c4ccccc4c(-c4ccc(N(c5ccccc5)c5ccccc5)cc4)c4c5ccccc5c5ccccc5c34)cc2)cc1.c1ccc2cc(-c3c4ccccc4c(-c4ccc5ccccc5c4)c4ccccc34)ccc2c1. The first-order valence-corrected chi connectivity index (χ1v) is 32.4. The molecule has 0 spiro atoms. The van der Waals surface area contributed by atoms with Crippen molar-refractivity contribution < 1.29 is 0 Å². The van der Waals surface area contributed by atoms with Crippen LogP contribution in [0.2, 0.25) is 0 Å². The van der Waals surface area contributed by atoms with E-state index in [9.17, 15) is 0 Å². The molecule has 0 radical (unpaired) electrons. The zero-order valence-corrected chi connectivity index (χ0v) is 51.7. The topological polar surface area (TPSA) is 6.48 Å². The fourth-order valence-electron chi connectivity index (χ4n) is 14.6. The van der Waals surface area contributed by atoms with E-state index in [0.717, 1.165) is 34.1 Å². The van der Waals surface area contributed by atoms with E-state index >= 15 is 0 Å². The molecule has 2 heteroatoms. The Morgan fingerprint density at radius 3 is 0.670 bits per heavy atom. The number of hydrogen-bond acceptors (Lipinski definition) is 2. The van der Waals surface area contributed by atoms with Crippen LogP contribution in [0.4, 0.5) is 34.1 Å². The zero-order valence-electron chi connectivity index (χ0n) is 51.7. The van der Waals surface area contributed by atoms with Crippen LogP contribution in [0, 0.1) is 0 Å². The number of para-hydroxylation sites is 4. The molecule has 0 aliphatic heterocycles. The van der Waals surface area contributed by atoms with Crippen molar-refractivity contribution >= 4 is 120 Å². The second-order valence-electron chi connectivity index (χ2n) is 24.2. The van der Waals surface area contributed by atoms with Crippen molar-refractivity contribution in [1.29, 1.82) is 0 Å². The van der Waals surface area contributed by atoms with Crippen molar-refractivity contribution in [3.63, 3.8) is 0 Å². The van der Waals surface area contributed by atoms with E-state index in [4.69, 9.17) is 0 Å². The van der Waals surface area contributed by atoms with E-state index in [-0.39, 0.29) is 0 Å². The number of rotatable bonds is 10. The number of fused-ring (bicyclic) bond motifs is 11. The van der Waals surface area contributed by atoms with E-state index in [1.54, 1.807) is 0 Å². The van der Waals surface area contributed by atoms with Gasteiger partial charge in [-0.25, -0.2) is 0 Å². The van der Waals surface area contributed by atoms with E-state index in [1.165, 1.54) is 131 Å². The molecule has 18 aromatic rings. The molecule has 0 unspecified atom stereocenters. The molecule has 0 amide bonds. The van der Waals surface area contributed by atoms with Gasteiger partial charge in [0.15, 0.2) is 0 Å². The van der Waals surface area contributed by atoms with Gasteiger partial charge in [-0.15, -0.1) is 0 Å². The van der Waals surface area contributed by atoms with Crippen LogP contribution in [0.1, 0.15) is 0 Å². The smallest absolute Gasteiger partial charge is 0.0462 e. The molecule has 440 valence electrons. The molecule has 0 fully saturated rings. The molecule has 18 rings (SSSR count). The molecule has 18 aromatic carbocycles. The number of anilines is 6. The standard InChI is InChI=1S/C58H40N2.C34H22/c1-5-19-43(20-6-1)59(44-21-7-2-8-22-44)47-37-33-41(34-38-47)55-53-31-17-18-32-54(53)56(58-52-30-16-14-28-50(52)49-27-13-15-29-51(49)57(55)58)42-35-39-48(40-36-42)60(45-23-9-3-10-24-45)46-25-11-4-12-26-46;1-3-11-25-21-27(19-17-23(25)9-1)33-29-13-5-7-15-31(29)34(32-16-8-6-14-30(32)33)28-20-18-24-10-2-4-12-26(24)22-28/h1-40H;1-22H. The first-order valence-electron chi connectivity index (χ1n) is 32.4. The van der Waals surface area contributed by atoms with Crippen LogP contribution in [-0.4, -0.2) is 0 Å².